The molecule has 0 radical (unpaired) electrons. The maximum atomic E-state index is 5.10. The molecule has 49 heavy (non-hydrogen) atoms. The van der Waals surface area contributed by atoms with Crippen LogP contribution in [0.2, 0.25) is 0 Å². The SMILES string of the molecule is Cc1ccc(-c2cc(-c3ccc(-c4nc5ccccn5c4-c4ccccc4)cc3)cc(-c3cc4ccccc4c4ccccc34)c2)c(C)n1. The van der Waals surface area contributed by atoms with E-state index in [-0.39, 0.29) is 0 Å². The minimum absolute atomic E-state index is 0.933. The van der Waals surface area contributed by atoms with Crippen LogP contribution in [0.15, 0.2) is 164 Å². The Balaban J connectivity index is 1.22. The van der Waals surface area contributed by atoms with E-state index in [0.29, 0.717) is 0 Å². The fourth-order valence-corrected chi connectivity index (χ4v) is 7.28. The zero-order valence-corrected chi connectivity index (χ0v) is 27.4. The van der Waals surface area contributed by atoms with Gasteiger partial charge >= 0.3 is 0 Å². The summed E-state index contributed by atoms with van der Waals surface area (Å²) in [4.78, 5) is 9.93. The molecule has 0 aliphatic heterocycles. The highest BCUT2D eigenvalue weighted by atomic mass is 15.0. The summed E-state index contributed by atoms with van der Waals surface area (Å²) in [7, 11) is 0. The Kier molecular flexibility index (Phi) is 6.91. The molecule has 0 bridgehead atoms. The number of fused-ring (bicyclic) bond motifs is 4. The largest absolute Gasteiger partial charge is 0.299 e. The Bertz CT molecular complexity index is 2670. The number of pyridine rings is 2. The van der Waals surface area contributed by atoms with Gasteiger partial charge in [-0.1, -0.05) is 115 Å². The summed E-state index contributed by atoms with van der Waals surface area (Å²) in [6.45, 7) is 4.15. The van der Waals surface area contributed by atoms with Gasteiger partial charge in [0.2, 0.25) is 0 Å². The summed E-state index contributed by atoms with van der Waals surface area (Å²) in [6.07, 6.45) is 2.09. The lowest BCUT2D eigenvalue weighted by molar-refractivity contribution is 1.13. The van der Waals surface area contributed by atoms with Crippen LogP contribution in [0.1, 0.15) is 11.4 Å². The number of hydrogen-bond acceptors (Lipinski definition) is 2. The molecule has 6 aromatic carbocycles. The van der Waals surface area contributed by atoms with E-state index < -0.39 is 0 Å². The molecule has 0 saturated carbocycles. The van der Waals surface area contributed by atoms with Crippen LogP contribution in [0.5, 0.6) is 0 Å². The topological polar surface area (TPSA) is 30.2 Å². The van der Waals surface area contributed by atoms with Gasteiger partial charge in [-0.05, 0) is 106 Å². The van der Waals surface area contributed by atoms with Crippen LogP contribution in [0.25, 0.3) is 83.1 Å². The molecule has 0 aliphatic carbocycles. The third kappa shape index (κ3) is 5.08. The number of hydrogen-bond donors (Lipinski definition) is 0. The lowest BCUT2D eigenvalue weighted by Gasteiger charge is -2.16. The van der Waals surface area contributed by atoms with Crippen molar-refractivity contribution >= 4 is 27.2 Å². The van der Waals surface area contributed by atoms with E-state index in [9.17, 15) is 0 Å². The van der Waals surface area contributed by atoms with E-state index >= 15 is 0 Å². The Morgan fingerprint density at radius 3 is 1.88 bits per heavy atom. The highest BCUT2D eigenvalue weighted by Gasteiger charge is 2.17. The monoisotopic (exact) mass is 627 g/mol. The summed E-state index contributed by atoms with van der Waals surface area (Å²) in [5.74, 6) is 0. The van der Waals surface area contributed by atoms with Gasteiger partial charge in [-0.25, -0.2) is 4.98 Å². The molecule has 3 nitrogen and oxygen atoms in total. The summed E-state index contributed by atoms with van der Waals surface area (Å²) in [6, 6.07) is 56.6. The summed E-state index contributed by atoms with van der Waals surface area (Å²) in [5.41, 5.74) is 14.3. The second kappa shape index (κ2) is 11.7. The molecule has 0 unspecified atom stereocenters. The lowest BCUT2D eigenvalue weighted by atomic mass is 9.89. The van der Waals surface area contributed by atoms with Crippen LogP contribution >= 0.6 is 0 Å². The second-order valence-electron chi connectivity index (χ2n) is 12.8. The van der Waals surface area contributed by atoms with Gasteiger partial charge in [0, 0.05) is 34.3 Å². The third-order valence-corrected chi connectivity index (χ3v) is 9.62. The first kappa shape index (κ1) is 28.9. The molecular weight excluding hydrogens is 595 g/mol. The highest BCUT2D eigenvalue weighted by molar-refractivity contribution is 6.14. The average Bonchev–Trinajstić information content (AvgIpc) is 3.54. The van der Waals surface area contributed by atoms with Gasteiger partial charge in [-0.3, -0.25) is 9.38 Å². The van der Waals surface area contributed by atoms with Crippen molar-refractivity contribution in [2.75, 3.05) is 0 Å². The quantitative estimate of drug-likeness (QED) is 0.178. The molecule has 3 heteroatoms. The van der Waals surface area contributed by atoms with E-state index in [1.807, 2.05) is 13.0 Å². The van der Waals surface area contributed by atoms with Crippen molar-refractivity contribution in [1.29, 1.82) is 0 Å². The molecule has 0 fully saturated rings. The minimum Gasteiger partial charge on any atom is -0.299 e. The summed E-state index contributed by atoms with van der Waals surface area (Å²) < 4.78 is 2.18. The van der Waals surface area contributed by atoms with Crippen LogP contribution in [0.3, 0.4) is 0 Å². The molecule has 9 rings (SSSR count). The van der Waals surface area contributed by atoms with Crippen LogP contribution < -0.4 is 0 Å². The number of aryl methyl sites for hydroxylation is 2. The normalized spacial score (nSPS) is 11.5. The first-order valence-electron chi connectivity index (χ1n) is 16.7. The molecule has 3 heterocycles. The Morgan fingerprint density at radius 2 is 1.08 bits per heavy atom. The fourth-order valence-electron chi connectivity index (χ4n) is 7.28. The van der Waals surface area contributed by atoms with E-state index in [1.54, 1.807) is 0 Å². The van der Waals surface area contributed by atoms with Crippen LogP contribution in [0.4, 0.5) is 0 Å². The van der Waals surface area contributed by atoms with Crippen molar-refractivity contribution in [1.82, 2.24) is 14.4 Å². The van der Waals surface area contributed by atoms with Crippen molar-refractivity contribution < 1.29 is 0 Å². The number of aromatic nitrogens is 3. The van der Waals surface area contributed by atoms with Crippen molar-refractivity contribution in [3.05, 3.63) is 175 Å². The van der Waals surface area contributed by atoms with Gasteiger partial charge in [0.1, 0.15) is 5.65 Å². The highest BCUT2D eigenvalue weighted by Crippen LogP contribution is 2.40. The molecule has 9 aromatic rings. The number of imidazole rings is 1. The molecule has 3 aromatic heterocycles. The Hall–Kier alpha value is -6.32. The first-order valence-corrected chi connectivity index (χ1v) is 16.7. The molecular formula is C46H33N3. The molecule has 0 atom stereocenters. The minimum atomic E-state index is 0.933. The van der Waals surface area contributed by atoms with E-state index in [4.69, 9.17) is 9.97 Å². The van der Waals surface area contributed by atoms with E-state index in [2.05, 4.69) is 169 Å². The van der Waals surface area contributed by atoms with Crippen molar-refractivity contribution in [2.45, 2.75) is 13.8 Å². The number of benzene rings is 6. The van der Waals surface area contributed by atoms with E-state index in [0.717, 1.165) is 61.8 Å². The lowest BCUT2D eigenvalue weighted by Crippen LogP contribution is -1.93. The third-order valence-electron chi connectivity index (χ3n) is 9.62. The first-order chi connectivity index (χ1) is 24.1. The fraction of sp³-hybridized carbons (Fsp3) is 0.0435. The number of nitrogens with zero attached hydrogens (tertiary/aromatic N) is 3. The van der Waals surface area contributed by atoms with Gasteiger partial charge in [0.15, 0.2) is 0 Å². The Morgan fingerprint density at radius 1 is 0.429 bits per heavy atom. The Labute approximate surface area is 285 Å². The smallest absolute Gasteiger partial charge is 0.137 e. The van der Waals surface area contributed by atoms with Gasteiger partial charge in [-0.2, -0.15) is 0 Å². The zero-order chi connectivity index (χ0) is 32.9. The van der Waals surface area contributed by atoms with Crippen molar-refractivity contribution in [2.24, 2.45) is 0 Å². The molecule has 0 spiro atoms. The summed E-state index contributed by atoms with van der Waals surface area (Å²) in [5, 5.41) is 5.03. The zero-order valence-electron chi connectivity index (χ0n) is 27.4. The number of rotatable bonds is 5. The summed E-state index contributed by atoms with van der Waals surface area (Å²) >= 11 is 0. The standard InChI is InChI=1S/C46H33N3/c1-30-19-24-39(31(2)47-30)37-26-36(27-38(28-37)43-29-35-14-6-7-15-40(35)41-16-8-9-17-42(41)43)32-20-22-33(23-21-32)45-46(34-12-4-3-5-13-34)49-25-11-10-18-44(49)48-45/h3-29H,1-2H3. The van der Waals surface area contributed by atoms with E-state index in [1.165, 1.54) is 32.7 Å². The average molecular weight is 628 g/mol. The maximum absolute atomic E-state index is 5.10. The predicted octanol–water partition coefficient (Wildman–Crippen LogP) is 12.0. The predicted molar refractivity (Wildman–Crippen MR) is 205 cm³/mol. The molecule has 232 valence electrons. The molecule has 0 aliphatic rings. The molecule has 0 N–H and O–H groups in total. The van der Waals surface area contributed by atoms with Gasteiger partial charge in [0.25, 0.3) is 0 Å². The second-order valence-corrected chi connectivity index (χ2v) is 12.8. The molecule has 0 saturated heterocycles. The van der Waals surface area contributed by atoms with Crippen molar-refractivity contribution in [3.8, 4) is 55.9 Å². The van der Waals surface area contributed by atoms with Gasteiger partial charge in [0.05, 0.1) is 11.4 Å². The van der Waals surface area contributed by atoms with Crippen LogP contribution in [-0.2, 0) is 0 Å². The van der Waals surface area contributed by atoms with Crippen molar-refractivity contribution in [3.63, 3.8) is 0 Å². The van der Waals surface area contributed by atoms with Gasteiger partial charge in [-0.15, -0.1) is 0 Å². The van der Waals surface area contributed by atoms with Crippen LogP contribution in [-0.4, -0.2) is 14.4 Å². The maximum Gasteiger partial charge on any atom is 0.137 e. The van der Waals surface area contributed by atoms with Crippen LogP contribution in [0, 0.1) is 13.8 Å². The van der Waals surface area contributed by atoms with Gasteiger partial charge < -0.3 is 0 Å². The molecule has 0 amide bonds.